The van der Waals surface area contributed by atoms with E-state index in [1.165, 1.54) is 5.56 Å². The number of nitrogens with zero attached hydrogens (tertiary/aromatic N) is 13. The fraction of sp³-hybridized carbons (Fsp3) is 0.393. The average Bonchev–Trinajstić information content (AvgIpc) is 1.63. The van der Waals surface area contributed by atoms with Gasteiger partial charge in [0.2, 0.25) is 0 Å². The molecule has 3 fully saturated rings. The summed E-state index contributed by atoms with van der Waals surface area (Å²) >= 11 is 3.48. The zero-order chi connectivity index (χ0) is 79.6. The smallest absolute Gasteiger partial charge is 0.376 e. The van der Waals surface area contributed by atoms with Gasteiger partial charge in [0.05, 0.1) is 5.52 Å². The van der Waals surface area contributed by atoms with Crippen molar-refractivity contribution in [1.29, 1.82) is 0 Å². The summed E-state index contributed by atoms with van der Waals surface area (Å²) in [5.74, 6) is 7.13. The highest BCUT2D eigenvalue weighted by Gasteiger charge is 2.28. The Kier molecular flexibility index (Phi) is 33.4. The maximum absolute atomic E-state index is 9.95. The summed E-state index contributed by atoms with van der Waals surface area (Å²) in [6.07, 6.45) is -0.0488. The molecular formula is C89H122B2BrN15O7Si2. The summed E-state index contributed by atoms with van der Waals surface area (Å²) in [6.45, 7) is 36.6. The number of hydrogen-bond acceptors (Lipinski definition) is 19. The van der Waals surface area contributed by atoms with Crippen LogP contribution in [0.2, 0.25) is 65.0 Å². The summed E-state index contributed by atoms with van der Waals surface area (Å²) in [5.41, 5.74) is 11.5. The molecule has 6 aromatic heterocycles. The number of halogens is 1. The Labute approximate surface area is 699 Å². The Morgan fingerprint density at radius 3 is 1.22 bits per heavy atom. The number of anilines is 3. The van der Waals surface area contributed by atoms with Crippen molar-refractivity contribution in [2.75, 3.05) is 106 Å². The lowest BCUT2D eigenvalue weighted by molar-refractivity contribution is 0.0905. The van der Waals surface area contributed by atoms with Crippen LogP contribution in [0.4, 0.5) is 17.5 Å². The average molecular weight is 1670 g/mol. The second-order valence-electron chi connectivity index (χ2n) is 31.6. The van der Waals surface area contributed by atoms with E-state index in [1.807, 2.05) is 133 Å². The Morgan fingerprint density at radius 2 is 0.819 bits per heavy atom. The van der Waals surface area contributed by atoms with Crippen molar-refractivity contribution >= 4 is 97.1 Å². The van der Waals surface area contributed by atoms with Gasteiger partial charge in [-0.2, -0.15) is 0 Å². The van der Waals surface area contributed by atoms with E-state index in [0.717, 1.165) is 205 Å². The number of nitrogens with one attached hydrogen (secondary N) is 2. The molecule has 0 spiro atoms. The van der Waals surface area contributed by atoms with Gasteiger partial charge in [-0.15, -0.1) is 0 Å². The van der Waals surface area contributed by atoms with E-state index in [2.05, 4.69) is 188 Å². The van der Waals surface area contributed by atoms with Gasteiger partial charge in [-0.25, -0.2) is 29.9 Å². The molecule has 3 aliphatic heterocycles. The Hall–Kier alpha value is -9.26. The second-order valence-corrected chi connectivity index (χ2v) is 44.2. The lowest BCUT2D eigenvalue weighted by atomic mass is 9.84. The third kappa shape index (κ3) is 25.1. The summed E-state index contributed by atoms with van der Waals surface area (Å²) in [5, 5.41) is 32.9. The van der Waals surface area contributed by atoms with Crippen LogP contribution in [0.1, 0.15) is 76.8 Å². The molecule has 116 heavy (non-hydrogen) atoms. The van der Waals surface area contributed by atoms with E-state index < -0.39 is 30.2 Å². The van der Waals surface area contributed by atoms with Crippen LogP contribution in [0, 0.1) is 0 Å². The van der Waals surface area contributed by atoms with E-state index in [4.69, 9.17) is 48.9 Å². The minimum atomic E-state index is -1.21. The third-order valence-corrected chi connectivity index (χ3v) is 24.4. The van der Waals surface area contributed by atoms with E-state index in [9.17, 15) is 15.2 Å². The van der Waals surface area contributed by atoms with Crippen LogP contribution in [0.5, 0.6) is 17.2 Å². The number of piperazine rings is 3. The molecule has 5 N–H and O–H groups in total. The first-order chi connectivity index (χ1) is 54.4. The molecule has 9 heterocycles. The van der Waals surface area contributed by atoms with Crippen molar-refractivity contribution in [1.82, 2.24) is 59.0 Å². The zero-order valence-corrected chi connectivity index (χ0v) is 70.9. The monoisotopic (exact) mass is 1670 g/mol. The van der Waals surface area contributed by atoms with Crippen LogP contribution >= 0.6 is 15.9 Å². The van der Waals surface area contributed by atoms with E-state index in [1.54, 1.807) is 12.1 Å². The Balaban J connectivity index is 0.000000188. The lowest BCUT2D eigenvalue weighted by Gasteiger charge is -2.35. The van der Waals surface area contributed by atoms with Crippen molar-refractivity contribution in [2.45, 2.75) is 139 Å². The standard InChI is InChI=1S/C31H42BN5O3Si.C24H25N5O.C23H34BN5O3Si.C8H9Br.3CH4/c1-24(25-9-7-6-8-10-25)40-27-13-11-26(12-14-27)30-33-28-15-16-29(35-17-19-36(20-18-35)32(2)38)34-31(28)37(30)23-39-21-22-41(3,4)5;1-17(18-5-3-2-4-6-18)30-20-9-7-19(8-10-20)23-26-21-11-12-22(27-24(21)28-23)29-15-13-25-14-16-29;1-24(31)28-13-11-27(12-14-28)21-10-9-20-23(26-21)29(17-32-15-16-33(2,3)4)22(25-20)18-5-7-19(30)8-6-18;1-7(9)8-5-3-2-4-6-8;;;/h6-16,24,38H,17-23H2,1-5H3;2-12,17,25H,13-16H2,1H3,(H,26,27,28);5-10,30-31H,11-17H2,1-4H3;2-7H,1H3;3*1H4. The van der Waals surface area contributed by atoms with Gasteiger partial charge in [0.15, 0.2) is 16.9 Å². The normalized spacial score (nSPS) is 14.8. The molecule has 3 unspecified atom stereocenters. The highest BCUT2D eigenvalue weighted by Crippen LogP contribution is 2.33. The SMILES string of the molecule is C.C.C.CB(O)N1CCN(c2ccc3nc(-c4ccc(O)cc4)n(COCC[Si](C)(C)C)c3n2)CC1.CB(O)N1CCN(c2ccc3nc(-c4ccc(OC(C)c5ccccc5)cc4)n(COCC[Si](C)(C)C)c3n2)CC1.CC(Br)c1ccccc1.CC(Oc1ccc(-c2nc3nc(N4CCNCC4)ccc3[nH]2)cc1)c1ccccc1. The van der Waals surface area contributed by atoms with Crippen LogP contribution in [-0.4, -0.2) is 191 Å². The first kappa shape index (κ1) is 90.7. The maximum Gasteiger partial charge on any atom is 0.376 e. The van der Waals surface area contributed by atoms with Gasteiger partial charge in [0, 0.05) is 129 Å². The number of benzene rings is 6. The number of alkyl halides is 1. The molecule has 0 bridgehead atoms. The second kappa shape index (κ2) is 42.7. The molecule has 6 aromatic carbocycles. The first-order valence-corrected chi connectivity index (χ1v) is 48.0. The molecule has 0 saturated carbocycles. The fourth-order valence-corrected chi connectivity index (χ4v) is 15.3. The van der Waals surface area contributed by atoms with Crippen LogP contribution < -0.4 is 29.5 Å². The van der Waals surface area contributed by atoms with Crippen LogP contribution in [0.3, 0.4) is 0 Å². The highest BCUT2D eigenvalue weighted by atomic mass is 79.9. The first-order valence-electron chi connectivity index (χ1n) is 39.6. The van der Waals surface area contributed by atoms with Gasteiger partial charge in [0.25, 0.3) is 0 Å². The predicted molar refractivity (Wildman–Crippen MR) is 490 cm³/mol. The van der Waals surface area contributed by atoms with Gasteiger partial charge in [-0.05, 0) is 172 Å². The topological polar surface area (TPSA) is 229 Å². The molecule has 22 nitrogen and oxygen atoms in total. The quantitative estimate of drug-likeness (QED) is 0.0203. The summed E-state index contributed by atoms with van der Waals surface area (Å²) in [6, 6.07) is 68.5. The van der Waals surface area contributed by atoms with Crippen LogP contribution in [-0.2, 0) is 22.9 Å². The zero-order valence-electron chi connectivity index (χ0n) is 67.3. The number of fused-ring (bicyclic) bond motifs is 3. The molecular weight excluding hydrogens is 1550 g/mol. The maximum atomic E-state index is 9.95. The van der Waals surface area contributed by atoms with Gasteiger partial charge in [-0.3, -0.25) is 9.13 Å². The predicted octanol–water partition coefficient (Wildman–Crippen LogP) is 18.4. The molecule has 12 aromatic rings. The number of H-pyrrole nitrogens is 1. The molecule has 15 rings (SSSR count). The van der Waals surface area contributed by atoms with E-state index >= 15 is 0 Å². The summed E-state index contributed by atoms with van der Waals surface area (Å²) < 4.78 is 28.7. The molecule has 0 amide bonds. The van der Waals surface area contributed by atoms with Crippen LogP contribution in [0.25, 0.3) is 67.7 Å². The summed E-state index contributed by atoms with van der Waals surface area (Å²) in [4.78, 5) is 44.2. The minimum absolute atomic E-state index is 0. The highest BCUT2D eigenvalue weighted by molar-refractivity contribution is 9.09. The fourth-order valence-electron chi connectivity index (χ4n) is 13.5. The number of aromatic amines is 1. The number of pyridine rings is 3. The summed E-state index contributed by atoms with van der Waals surface area (Å²) in [7, 11) is -3.25. The van der Waals surface area contributed by atoms with Crippen molar-refractivity contribution in [2.24, 2.45) is 0 Å². The molecule has 616 valence electrons. The number of phenolic OH excluding ortho intramolecular Hbond substituents is 1. The third-order valence-electron chi connectivity index (χ3n) is 20.5. The van der Waals surface area contributed by atoms with Crippen molar-refractivity contribution in [3.8, 4) is 51.4 Å². The van der Waals surface area contributed by atoms with Crippen LogP contribution in [0.15, 0.2) is 200 Å². The molecule has 3 saturated heterocycles. The number of aromatic hydroxyl groups is 1. The van der Waals surface area contributed by atoms with Crippen molar-refractivity contribution in [3.63, 3.8) is 0 Å². The Morgan fingerprint density at radius 1 is 0.440 bits per heavy atom. The van der Waals surface area contributed by atoms with Gasteiger partial charge in [0.1, 0.15) is 88.9 Å². The molecule has 27 heteroatoms. The van der Waals surface area contributed by atoms with Crippen molar-refractivity contribution < 1.29 is 34.1 Å². The van der Waals surface area contributed by atoms with Gasteiger partial charge >= 0.3 is 14.1 Å². The number of rotatable bonds is 25. The van der Waals surface area contributed by atoms with Gasteiger partial charge in [-0.1, -0.05) is 168 Å². The number of aromatic nitrogens is 9. The molecule has 0 radical (unpaired) electrons. The Bertz CT molecular complexity index is 4920. The number of imidazole rings is 3. The van der Waals surface area contributed by atoms with Crippen molar-refractivity contribution in [3.05, 3.63) is 217 Å². The largest absolute Gasteiger partial charge is 0.508 e. The van der Waals surface area contributed by atoms with E-state index in [0.29, 0.717) is 24.9 Å². The number of ether oxygens (including phenoxy) is 4. The van der Waals surface area contributed by atoms with Gasteiger partial charge < -0.3 is 68.7 Å². The minimum Gasteiger partial charge on any atom is -0.508 e. The number of phenols is 1. The molecule has 3 atom stereocenters. The van der Waals surface area contributed by atoms with E-state index in [-0.39, 0.29) is 40.2 Å². The molecule has 0 aliphatic carbocycles. The molecule has 3 aliphatic rings. The number of hydrogen-bond donors (Lipinski definition) is 5. The lowest BCUT2D eigenvalue weighted by Crippen LogP contribution is -2.51.